The van der Waals surface area contributed by atoms with Crippen molar-refractivity contribution in [1.29, 1.82) is 0 Å². The summed E-state index contributed by atoms with van der Waals surface area (Å²) in [5, 5.41) is 3.79. The summed E-state index contributed by atoms with van der Waals surface area (Å²) in [4.78, 5) is 61.0. The highest BCUT2D eigenvalue weighted by Gasteiger charge is 2.50. The van der Waals surface area contributed by atoms with Gasteiger partial charge in [0.2, 0.25) is 0 Å². The molecule has 3 heterocycles. The predicted octanol–water partition coefficient (Wildman–Crippen LogP) is 11.7. The van der Waals surface area contributed by atoms with Crippen molar-refractivity contribution < 1.29 is 19.2 Å². The lowest BCUT2D eigenvalue weighted by Crippen LogP contribution is -2.23. The van der Waals surface area contributed by atoms with Gasteiger partial charge < -0.3 is 0 Å². The standard InChI is InChI=1S/C46H28O4S3/c1-45(2)33-19-25(17-31-37(47)27-13-21-9-5-6-10-22(21)14-28(27)38(31)48)51-41(33)43-35(45)36-44(53-43)42-34(46(36,3)4)20-26(52-42)18-32-39(49)29-15-23-11-7-8-12-24(23)16-30(29)40(32)50/h5-20H,1-4H3. The van der Waals surface area contributed by atoms with Crippen LogP contribution in [-0.4, -0.2) is 23.1 Å². The summed E-state index contributed by atoms with van der Waals surface area (Å²) in [7, 11) is 0. The first-order valence-corrected chi connectivity index (χ1v) is 20.0. The van der Waals surface area contributed by atoms with Crippen LogP contribution in [0.4, 0.5) is 0 Å². The lowest BCUT2D eigenvalue weighted by Gasteiger charge is -2.28. The van der Waals surface area contributed by atoms with Gasteiger partial charge in [-0.05, 0) is 92.3 Å². The smallest absolute Gasteiger partial charge is 0.197 e. The van der Waals surface area contributed by atoms with Crippen LogP contribution in [0.25, 0.3) is 53.2 Å². The Hall–Kier alpha value is -5.34. The van der Waals surface area contributed by atoms with E-state index in [0.717, 1.165) is 31.3 Å². The number of ketones is 4. The van der Waals surface area contributed by atoms with Gasteiger partial charge in [-0.25, -0.2) is 0 Å². The van der Waals surface area contributed by atoms with Crippen molar-refractivity contribution in [1.82, 2.24) is 0 Å². The summed E-state index contributed by atoms with van der Waals surface area (Å²) < 4.78 is 0. The lowest BCUT2D eigenvalue weighted by molar-refractivity contribution is 0.0975. The Morgan fingerprint density at radius 2 is 0.755 bits per heavy atom. The molecule has 7 aromatic rings. The van der Waals surface area contributed by atoms with Gasteiger partial charge in [0, 0.05) is 62.3 Å². The van der Waals surface area contributed by atoms with E-state index in [-0.39, 0.29) is 45.1 Å². The first-order valence-electron chi connectivity index (χ1n) is 17.6. The molecule has 0 N–H and O–H groups in total. The van der Waals surface area contributed by atoms with Crippen molar-refractivity contribution in [2.24, 2.45) is 0 Å². The third-order valence-corrected chi connectivity index (χ3v) is 15.4. The molecular formula is C46H28O4S3. The molecule has 0 radical (unpaired) electrons. The number of thiophene rings is 3. The topological polar surface area (TPSA) is 68.3 Å². The number of carbonyl (C=O) groups excluding carboxylic acids is 4. The zero-order chi connectivity index (χ0) is 36.3. The van der Waals surface area contributed by atoms with Crippen molar-refractivity contribution in [2.45, 2.75) is 38.5 Å². The maximum absolute atomic E-state index is 13.6. The van der Waals surface area contributed by atoms with Gasteiger partial charge in [0.1, 0.15) is 0 Å². The zero-order valence-corrected chi connectivity index (χ0v) is 31.5. The molecule has 53 heavy (non-hydrogen) atoms. The third-order valence-electron chi connectivity index (χ3n) is 11.7. The molecule has 11 rings (SSSR count). The molecule has 4 aliphatic carbocycles. The van der Waals surface area contributed by atoms with E-state index in [1.807, 2.05) is 84.1 Å². The van der Waals surface area contributed by atoms with E-state index < -0.39 is 0 Å². The second-order valence-corrected chi connectivity index (χ2v) is 18.7. The van der Waals surface area contributed by atoms with Crippen molar-refractivity contribution >= 4 is 90.8 Å². The molecule has 0 aliphatic heterocycles. The Labute approximate surface area is 316 Å². The molecule has 0 fully saturated rings. The molecule has 0 amide bonds. The minimum absolute atomic E-state index is 0.213. The molecule has 254 valence electrons. The van der Waals surface area contributed by atoms with Crippen molar-refractivity contribution in [3.8, 4) is 19.5 Å². The largest absolute Gasteiger partial charge is 0.288 e. The summed E-state index contributed by atoms with van der Waals surface area (Å²) in [5.41, 5.74) is 6.95. The van der Waals surface area contributed by atoms with Crippen LogP contribution in [0.1, 0.15) is 101 Å². The van der Waals surface area contributed by atoms with Crippen LogP contribution in [0.2, 0.25) is 0 Å². The molecule has 4 aromatic carbocycles. The van der Waals surface area contributed by atoms with Crippen LogP contribution >= 0.6 is 34.0 Å². The van der Waals surface area contributed by atoms with Crippen LogP contribution in [-0.2, 0) is 10.8 Å². The van der Waals surface area contributed by atoms with Crippen LogP contribution in [0.3, 0.4) is 0 Å². The predicted molar refractivity (Wildman–Crippen MR) is 216 cm³/mol. The van der Waals surface area contributed by atoms with Crippen LogP contribution in [0.15, 0.2) is 96.1 Å². The maximum Gasteiger partial charge on any atom is 0.197 e. The van der Waals surface area contributed by atoms with Crippen molar-refractivity contribution in [3.05, 3.63) is 150 Å². The minimum atomic E-state index is -0.277. The Morgan fingerprint density at radius 1 is 0.434 bits per heavy atom. The van der Waals surface area contributed by atoms with Gasteiger partial charge in [-0.3, -0.25) is 19.2 Å². The highest BCUT2D eigenvalue weighted by Crippen LogP contribution is 2.66. The van der Waals surface area contributed by atoms with Crippen LogP contribution < -0.4 is 0 Å². The molecule has 0 saturated heterocycles. The number of carbonyl (C=O) groups is 4. The number of allylic oxidation sites excluding steroid dienone is 2. The number of benzene rings is 4. The summed E-state index contributed by atoms with van der Waals surface area (Å²) >= 11 is 5.10. The molecule has 0 bridgehead atoms. The fraction of sp³-hybridized carbons (Fsp3) is 0.130. The van der Waals surface area contributed by atoms with Gasteiger partial charge in [0.05, 0.1) is 11.1 Å². The molecule has 0 saturated carbocycles. The second-order valence-electron chi connectivity index (χ2n) is 15.5. The Morgan fingerprint density at radius 3 is 1.08 bits per heavy atom. The number of fused-ring (bicyclic) bond motifs is 11. The average molecular weight is 741 g/mol. The SMILES string of the molecule is CC1(C)c2cc(C=C3C(=O)c4cc5ccccc5cc4C3=O)sc2-c2sc3c(c21)C(C)(C)c1cc(C=C2C(=O)c4cc5ccccc5cc4C2=O)sc1-3. The molecule has 7 heteroatoms. The van der Waals surface area contributed by atoms with E-state index in [9.17, 15) is 19.2 Å². The quantitative estimate of drug-likeness (QED) is 0.131. The summed E-state index contributed by atoms with van der Waals surface area (Å²) in [6, 6.07) is 27.3. The van der Waals surface area contributed by atoms with E-state index in [1.165, 1.54) is 41.8 Å². The number of rotatable bonds is 2. The number of hydrogen-bond acceptors (Lipinski definition) is 7. The fourth-order valence-electron chi connectivity index (χ4n) is 9.01. The molecule has 4 nitrogen and oxygen atoms in total. The van der Waals surface area contributed by atoms with Gasteiger partial charge in [0.25, 0.3) is 0 Å². The van der Waals surface area contributed by atoms with Crippen molar-refractivity contribution in [3.63, 3.8) is 0 Å². The summed E-state index contributed by atoms with van der Waals surface area (Å²) in [6.45, 7) is 9.10. The zero-order valence-electron chi connectivity index (χ0n) is 29.1. The van der Waals surface area contributed by atoms with Crippen molar-refractivity contribution in [2.75, 3.05) is 0 Å². The molecule has 4 aliphatic rings. The van der Waals surface area contributed by atoms with Gasteiger partial charge >= 0.3 is 0 Å². The van der Waals surface area contributed by atoms with Gasteiger partial charge in [-0.1, -0.05) is 76.2 Å². The average Bonchev–Trinajstić information content (AvgIpc) is 3.99. The normalized spacial score (nSPS) is 17.1. The van der Waals surface area contributed by atoms with Gasteiger partial charge in [-0.2, -0.15) is 0 Å². The molecule has 0 unspecified atom stereocenters. The second kappa shape index (κ2) is 10.2. The Bertz CT molecular complexity index is 2710. The van der Waals surface area contributed by atoms with E-state index in [2.05, 4.69) is 39.8 Å². The number of Topliss-reactive ketones (excluding diaryl/α,β-unsaturated/α-hetero) is 4. The highest BCUT2D eigenvalue weighted by atomic mass is 32.1. The Balaban J connectivity index is 0.969. The highest BCUT2D eigenvalue weighted by molar-refractivity contribution is 7.27. The number of hydrogen-bond donors (Lipinski definition) is 0. The molecule has 0 atom stereocenters. The van der Waals surface area contributed by atoms with E-state index in [0.29, 0.717) is 22.3 Å². The monoisotopic (exact) mass is 740 g/mol. The third kappa shape index (κ3) is 3.99. The first kappa shape index (κ1) is 31.2. The lowest BCUT2D eigenvalue weighted by atomic mass is 9.74. The van der Waals surface area contributed by atoms with E-state index >= 15 is 0 Å². The van der Waals surface area contributed by atoms with Crippen LogP contribution in [0, 0.1) is 0 Å². The van der Waals surface area contributed by atoms with Gasteiger partial charge in [0.15, 0.2) is 23.1 Å². The molecular weight excluding hydrogens is 713 g/mol. The van der Waals surface area contributed by atoms with Gasteiger partial charge in [-0.15, -0.1) is 34.0 Å². The first-order chi connectivity index (χ1) is 25.4. The summed E-state index contributed by atoms with van der Waals surface area (Å²) in [5.74, 6) is -0.850. The maximum atomic E-state index is 13.6. The molecule has 0 spiro atoms. The minimum Gasteiger partial charge on any atom is -0.288 e. The molecule has 3 aromatic heterocycles. The summed E-state index contributed by atoms with van der Waals surface area (Å²) in [6.07, 6.45) is 3.59. The Kier molecular flexibility index (Phi) is 6.01. The van der Waals surface area contributed by atoms with E-state index in [4.69, 9.17) is 0 Å². The van der Waals surface area contributed by atoms with E-state index in [1.54, 1.807) is 34.8 Å². The van der Waals surface area contributed by atoms with Crippen LogP contribution in [0.5, 0.6) is 0 Å². The fourth-order valence-corrected chi connectivity index (χ4v) is 13.5.